The molecule has 2 fully saturated rings. The number of nitrogens with zero attached hydrogens (tertiary/aromatic N) is 2. The van der Waals surface area contributed by atoms with Crippen LogP contribution in [-0.2, 0) is 20.9 Å². The van der Waals surface area contributed by atoms with Gasteiger partial charge in [-0.05, 0) is 51.3 Å². The first-order chi connectivity index (χ1) is 16.6. The molecule has 1 saturated heterocycles. The summed E-state index contributed by atoms with van der Waals surface area (Å²) in [6.07, 6.45) is 0.297. The van der Waals surface area contributed by atoms with Gasteiger partial charge in [-0.25, -0.2) is 9.59 Å². The lowest BCUT2D eigenvalue weighted by Gasteiger charge is -2.29. The van der Waals surface area contributed by atoms with Crippen molar-refractivity contribution in [2.24, 2.45) is 5.41 Å². The Bertz CT molecular complexity index is 1170. The molecule has 8 nitrogen and oxygen atoms in total. The molecule has 0 radical (unpaired) electrons. The van der Waals surface area contributed by atoms with E-state index in [1.165, 1.54) is 9.80 Å². The lowest BCUT2D eigenvalue weighted by Crippen LogP contribution is -2.46. The number of hydrogen-bond donors (Lipinski definition) is 0. The van der Waals surface area contributed by atoms with Crippen LogP contribution in [0, 0.1) is 5.41 Å². The molecule has 2 heterocycles. The average molecular weight is 477 g/mol. The van der Waals surface area contributed by atoms with Crippen molar-refractivity contribution < 1.29 is 28.7 Å². The minimum atomic E-state index is -0.845. The first-order valence-corrected chi connectivity index (χ1v) is 11.8. The van der Waals surface area contributed by atoms with E-state index in [9.17, 15) is 19.2 Å². The third-order valence-electron chi connectivity index (χ3n) is 6.87. The molecule has 182 valence electrons. The highest BCUT2D eigenvalue weighted by molar-refractivity contribution is 6.21. The van der Waals surface area contributed by atoms with E-state index >= 15 is 0 Å². The van der Waals surface area contributed by atoms with Gasteiger partial charge in [0.25, 0.3) is 11.8 Å². The van der Waals surface area contributed by atoms with E-state index in [-0.39, 0.29) is 31.0 Å². The Labute approximate surface area is 203 Å². The van der Waals surface area contributed by atoms with Gasteiger partial charge in [-0.1, -0.05) is 42.5 Å². The van der Waals surface area contributed by atoms with Gasteiger partial charge in [0.1, 0.15) is 18.2 Å². The van der Waals surface area contributed by atoms with Crippen molar-refractivity contribution in [2.45, 2.75) is 57.9 Å². The predicted octanol–water partition coefficient (Wildman–Crippen LogP) is 3.79. The van der Waals surface area contributed by atoms with Gasteiger partial charge in [-0.3, -0.25) is 19.4 Å². The molecule has 35 heavy (non-hydrogen) atoms. The van der Waals surface area contributed by atoms with Crippen LogP contribution in [0.15, 0.2) is 54.6 Å². The van der Waals surface area contributed by atoms with E-state index in [0.29, 0.717) is 24.0 Å². The third-order valence-corrected chi connectivity index (χ3v) is 6.87. The number of imide groups is 1. The van der Waals surface area contributed by atoms with Crippen molar-refractivity contribution in [2.75, 3.05) is 6.54 Å². The van der Waals surface area contributed by atoms with E-state index in [4.69, 9.17) is 9.47 Å². The van der Waals surface area contributed by atoms with Crippen LogP contribution >= 0.6 is 0 Å². The van der Waals surface area contributed by atoms with E-state index < -0.39 is 29.1 Å². The van der Waals surface area contributed by atoms with Crippen LogP contribution in [0.4, 0.5) is 4.79 Å². The number of hydrogen-bond acceptors (Lipinski definition) is 6. The standard InChI is InChI=1S/C27H28N2O6/c1-26(2,3)35-25(33)29-20(24(32)34-15-17-9-5-4-6-10-17)13-27(14-21(27)29)16-28-22(30)18-11-7-8-12-19(18)23(28)31/h4-12,20-21H,13-16H2,1-3H3/t20-,21?,27?/m0/s1. The number of likely N-dealkylation sites (tertiary alicyclic amines) is 1. The number of benzene rings is 2. The second kappa shape index (κ2) is 8.22. The number of rotatable bonds is 5. The number of carbonyl (C=O) groups is 4. The molecule has 1 aliphatic carbocycles. The average Bonchev–Trinajstić information content (AvgIpc) is 3.34. The van der Waals surface area contributed by atoms with Crippen molar-refractivity contribution >= 4 is 23.9 Å². The molecule has 2 unspecified atom stereocenters. The van der Waals surface area contributed by atoms with Gasteiger partial charge in [0, 0.05) is 18.0 Å². The first-order valence-electron chi connectivity index (χ1n) is 11.8. The number of esters is 1. The van der Waals surface area contributed by atoms with Crippen LogP contribution in [0.1, 0.15) is 59.9 Å². The number of piperidine rings is 1. The summed E-state index contributed by atoms with van der Waals surface area (Å²) in [5, 5.41) is 0. The Kier molecular flexibility index (Phi) is 5.42. The molecule has 1 saturated carbocycles. The Hall–Kier alpha value is -3.68. The van der Waals surface area contributed by atoms with E-state index in [2.05, 4.69) is 0 Å². The number of amides is 3. The molecule has 0 N–H and O–H groups in total. The fourth-order valence-electron chi connectivity index (χ4n) is 5.16. The summed E-state index contributed by atoms with van der Waals surface area (Å²) in [6, 6.07) is 14.9. The highest BCUT2D eigenvalue weighted by Gasteiger charge is 2.69. The number of carbonyl (C=O) groups excluding carboxylic acids is 4. The molecule has 0 aromatic heterocycles. The van der Waals surface area contributed by atoms with Gasteiger partial charge in [0.15, 0.2) is 0 Å². The quantitative estimate of drug-likeness (QED) is 0.482. The van der Waals surface area contributed by atoms with Gasteiger partial charge < -0.3 is 9.47 Å². The van der Waals surface area contributed by atoms with E-state index in [1.54, 1.807) is 45.0 Å². The smallest absolute Gasteiger partial charge is 0.411 e. The highest BCUT2D eigenvalue weighted by atomic mass is 16.6. The maximum absolute atomic E-state index is 13.1. The van der Waals surface area contributed by atoms with Gasteiger partial charge in [-0.15, -0.1) is 0 Å². The van der Waals surface area contributed by atoms with Crippen LogP contribution in [0.2, 0.25) is 0 Å². The largest absolute Gasteiger partial charge is 0.459 e. The Morgan fingerprint density at radius 1 is 0.943 bits per heavy atom. The summed E-state index contributed by atoms with van der Waals surface area (Å²) < 4.78 is 11.2. The highest BCUT2D eigenvalue weighted by Crippen LogP contribution is 2.60. The third kappa shape index (κ3) is 4.17. The van der Waals surface area contributed by atoms with Crippen LogP contribution in [0.3, 0.4) is 0 Å². The zero-order valence-corrected chi connectivity index (χ0v) is 20.0. The SMILES string of the molecule is CC(C)(C)OC(=O)N1C2CC2(CN2C(=O)c3ccccc3C2=O)C[C@H]1C(=O)OCc1ccccc1. The van der Waals surface area contributed by atoms with Crippen molar-refractivity contribution in [3.8, 4) is 0 Å². The van der Waals surface area contributed by atoms with Gasteiger partial charge in [0.2, 0.25) is 0 Å². The summed E-state index contributed by atoms with van der Waals surface area (Å²) in [7, 11) is 0. The fourth-order valence-corrected chi connectivity index (χ4v) is 5.16. The van der Waals surface area contributed by atoms with Crippen molar-refractivity contribution in [1.82, 2.24) is 9.80 Å². The summed E-state index contributed by atoms with van der Waals surface area (Å²) in [4.78, 5) is 54.8. The number of fused-ring (bicyclic) bond motifs is 2. The molecule has 5 rings (SSSR count). The van der Waals surface area contributed by atoms with Crippen LogP contribution in [0.25, 0.3) is 0 Å². The van der Waals surface area contributed by atoms with Crippen LogP contribution in [-0.4, -0.2) is 57.9 Å². The Balaban J connectivity index is 1.36. The molecular weight excluding hydrogens is 448 g/mol. The van der Waals surface area contributed by atoms with Crippen molar-refractivity contribution in [3.05, 3.63) is 71.3 Å². The lowest BCUT2D eigenvalue weighted by molar-refractivity contribution is -0.150. The molecule has 0 bridgehead atoms. The van der Waals surface area contributed by atoms with E-state index in [0.717, 1.165) is 5.56 Å². The summed E-state index contributed by atoms with van der Waals surface area (Å²) in [5.41, 5.74) is 0.311. The Morgan fingerprint density at radius 3 is 2.14 bits per heavy atom. The summed E-state index contributed by atoms with van der Waals surface area (Å²) >= 11 is 0. The zero-order valence-electron chi connectivity index (χ0n) is 20.0. The molecular formula is C27H28N2O6. The monoisotopic (exact) mass is 476 g/mol. The normalized spacial score (nSPS) is 24.8. The number of ether oxygens (including phenoxy) is 2. The lowest BCUT2D eigenvalue weighted by atomic mass is 9.98. The molecule has 0 spiro atoms. The van der Waals surface area contributed by atoms with E-state index in [1.807, 2.05) is 30.3 Å². The first kappa shape index (κ1) is 23.1. The molecule has 2 aliphatic heterocycles. The Morgan fingerprint density at radius 2 is 1.54 bits per heavy atom. The predicted molar refractivity (Wildman–Crippen MR) is 125 cm³/mol. The maximum Gasteiger partial charge on any atom is 0.411 e. The van der Waals surface area contributed by atoms with Gasteiger partial charge in [0.05, 0.1) is 11.1 Å². The maximum atomic E-state index is 13.1. The minimum absolute atomic E-state index is 0.0917. The summed E-state index contributed by atoms with van der Waals surface area (Å²) in [5.74, 6) is -1.21. The second-order valence-electron chi connectivity index (χ2n) is 10.5. The molecule has 3 atom stereocenters. The molecule has 2 aromatic carbocycles. The van der Waals surface area contributed by atoms with Crippen molar-refractivity contribution in [3.63, 3.8) is 0 Å². The van der Waals surface area contributed by atoms with Crippen LogP contribution in [0.5, 0.6) is 0 Å². The molecule has 2 aromatic rings. The van der Waals surface area contributed by atoms with Crippen molar-refractivity contribution in [1.29, 1.82) is 0 Å². The summed E-state index contributed by atoms with van der Waals surface area (Å²) in [6.45, 7) is 5.54. The zero-order chi connectivity index (χ0) is 25.0. The topological polar surface area (TPSA) is 93.2 Å². The fraction of sp³-hybridized carbons (Fsp3) is 0.407. The van der Waals surface area contributed by atoms with Gasteiger partial charge in [-0.2, -0.15) is 0 Å². The van der Waals surface area contributed by atoms with Gasteiger partial charge >= 0.3 is 12.1 Å². The molecule has 3 amide bonds. The van der Waals surface area contributed by atoms with Crippen LogP contribution < -0.4 is 0 Å². The molecule has 8 heteroatoms. The minimum Gasteiger partial charge on any atom is -0.459 e. The molecule has 3 aliphatic rings. The second-order valence-corrected chi connectivity index (χ2v) is 10.5.